The van der Waals surface area contributed by atoms with Crippen LogP contribution in [0.2, 0.25) is 0 Å². The molecule has 7 heteroatoms. The summed E-state index contributed by atoms with van der Waals surface area (Å²) >= 11 is 0. The molecule has 0 spiro atoms. The van der Waals surface area contributed by atoms with Crippen LogP contribution >= 0.6 is 0 Å². The van der Waals surface area contributed by atoms with E-state index in [-0.39, 0.29) is 0 Å². The van der Waals surface area contributed by atoms with E-state index in [1.807, 2.05) is 0 Å². The number of ketones is 1. The molecular formula is C9H18N2O5. The maximum absolute atomic E-state index is 10.1. The largest absolute Gasteiger partial charge is 0.480 e. The third-order valence-corrected chi connectivity index (χ3v) is 1.59. The maximum atomic E-state index is 10.1. The molecule has 0 fully saturated rings. The van der Waals surface area contributed by atoms with Crippen LogP contribution in [0, 0.1) is 0 Å². The Balaban J connectivity index is 0. The lowest BCUT2D eigenvalue weighted by Crippen LogP contribution is -2.29. The molecule has 0 radical (unpaired) electrons. The van der Waals surface area contributed by atoms with Gasteiger partial charge in [-0.3, -0.25) is 9.59 Å². The van der Waals surface area contributed by atoms with Crippen molar-refractivity contribution in [1.82, 2.24) is 0 Å². The fourth-order valence-electron chi connectivity index (χ4n) is 0.632. The number of aliphatic carboxylic acids is 2. The number of nitrogens with two attached hydrogens (primary N) is 2. The van der Waals surface area contributed by atoms with Crippen LogP contribution in [0.1, 0.15) is 26.2 Å². The van der Waals surface area contributed by atoms with Crippen LogP contribution in [-0.4, -0.2) is 40.5 Å². The summed E-state index contributed by atoms with van der Waals surface area (Å²) in [6, 6.07) is -0.716. The Labute approximate surface area is 93.4 Å². The minimum atomic E-state index is -1.38. The smallest absolute Gasteiger partial charge is 0.371 e. The number of carbonyl (C=O) groups is 3. The third-order valence-electron chi connectivity index (χ3n) is 1.59. The topological polar surface area (TPSA) is 144 Å². The average molecular weight is 234 g/mol. The van der Waals surface area contributed by atoms with Crippen molar-refractivity contribution in [3.05, 3.63) is 0 Å². The molecule has 0 saturated carbocycles. The van der Waals surface area contributed by atoms with Crippen LogP contribution in [-0.2, 0) is 14.4 Å². The zero-order valence-corrected chi connectivity index (χ0v) is 9.18. The van der Waals surface area contributed by atoms with Gasteiger partial charge in [0.1, 0.15) is 6.04 Å². The molecule has 16 heavy (non-hydrogen) atoms. The van der Waals surface area contributed by atoms with Gasteiger partial charge in [-0.25, -0.2) is 4.79 Å². The Morgan fingerprint density at radius 1 is 1.19 bits per heavy atom. The lowest BCUT2D eigenvalue weighted by molar-refractivity contribution is -0.148. The van der Waals surface area contributed by atoms with E-state index in [1.165, 1.54) is 0 Å². The summed E-state index contributed by atoms with van der Waals surface area (Å²) in [5.41, 5.74) is 10.4. The van der Waals surface area contributed by atoms with Crippen molar-refractivity contribution in [3.63, 3.8) is 0 Å². The molecule has 94 valence electrons. The van der Waals surface area contributed by atoms with Gasteiger partial charge in [0.15, 0.2) is 0 Å². The summed E-state index contributed by atoms with van der Waals surface area (Å²) in [6.45, 7) is 1.61. The van der Waals surface area contributed by atoms with Gasteiger partial charge in [-0.1, -0.05) is 6.42 Å². The van der Waals surface area contributed by atoms with E-state index in [1.54, 1.807) is 0 Å². The highest BCUT2D eigenvalue weighted by Gasteiger charge is 2.09. The fraction of sp³-hybridized carbons (Fsp3) is 0.667. The number of hydrogen-bond donors (Lipinski definition) is 4. The van der Waals surface area contributed by atoms with Gasteiger partial charge in [0.05, 0.1) is 0 Å². The fourth-order valence-corrected chi connectivity index (χ4v) is 0.632. The van der Waals surface area contributed by atoms with Gasteiger partial charge in [-0.05, 0) is 19.4 Å². The molecule has 0 bridgehead atoms. The first-order valence-corrected chi connectivity index (χ1v) is 4.75. The van der Waals surface area contributed by atoms with Gasteiger partial charge in [0.2, 0.25) is 5.78 Å². The minimum Gasteiger partial charge on any atom is -0.480 e. The van der Waals surface area contributed by atoms with Crippen LogP contribution in [0.4, 0.5) is 0 Å². The van der Waals surface area contributed by atoms with Gasteiger partial charge >= 0.3 is 11.9 Å². The maximum Gasteiger partial charge on any atom is 0.371 e. The van der Waals surface area contributed by atoms with Crippen molar-refractivity contribution >= 4 is 17.7 Å². The van der Waals surface area contributed by atoms with Crippen molar-refractivity contribution in [2.75, 3.05) is 6.54 Å². The van der Waals surface area contributed by atoms with Crippen LogP contribution in [0.5, 0.6) is 0 Å². The number of carbonyl (C=O) groups excluding carboxylic acids is 1. The molecule has 0 rings (SSSR count). The second-order valence-corrected chi connectivity index (χ2v) is 3.09. The summed E-state index contributed by atoms with van der Waals surface area (Å²) in [7, 11) is 0. The number of carboxylic acid groups (broad SMARTS) is 2. The molecule has 0 heterocycles. The third kappa shape index (κ3) is 12.5. The lowest BCUT2D eigenvalue weighted by Gasteiger charge is -2.03. The standard InChI is InChI=1S/C6H14N2O2.C3H4O3/c7-4-2-1-3-5(8)6(9)10;1-2(4)3(5)6/h5H,1-4,7-8H2,(H,9,10);1H3,(H,5,6). The Kier molecular flexibility index (Phi) is 10.7. The molecule has 0 aliphatic carbocycles. The first-order valence-electron chi connectivity index (χ1n) is 4.75. The van der Waals surface area contributed by atoms with Gasteiger partial charge < -0.3 is 21.7 Å². The Bertz CT molecular complexity index is 230. The van der Waals surface area contributed by atoms with E-state index in [4.69, 9.17) is 21.7 Å². The number of rotatable bonds is 6. The van der Waals surface area contributed by atoms with Crippen molar-refractivity contribution in [2.24, 2.45) is 11.5 Å². The normalized spacial score (nSPS) is 10.9. The highest BCUT2D eigenvalue weighted by molar-refractivity contribution is 6.31. The first-order chi connectivity index (χ1) is 7.32. The highest BCUT2D eigenvalue weighted by Crippen LogP contribution is 1.96. The first kappa shape index (κ1) is 16.9. The van der Waals surface area contributed by atoms with E-state index >= 15 is 0 Å². The number of unbranched alkanes of at least 4 members (excludes halogenated alkanes) is 1. The molecule has 0 aromatic heterocycles. The second kappa shape index (κ2) is 10.1. The number of Topliss-reactive ketones (excluding diaryl/α,β-unsaturated/α-hetero) is 1. The molecule has 1 atom stereocenters. The highest BCUT2D eigenvalue weighted by atomic mass is 16.4. The zero-order valence-electron chi connectivity index (χ0n) is 9.18. The minimum absolute atomic E-state index is 0.520. The van der Waals surface area contributed by atoms with E-state index in [0.29, 0.717) is 13.0 Å². The molecule has 0 amide bonds. The van der Waals surface area contributed by atoms with Crippen molar-refractivity contribution in [2.45, 2.75) is 32.2 Å². The summed E-state index contributed by atoms with van der Waals surface area (Å²) in [5, 5.41) is 16.0. The van der Waals surface area contributed by atoms with Gasteiger partial charge in [-0.2, -0.15) is 0 Å². The monoisotopic (exact) mass is 234 g/mol. The van der Waals surface area contributed by atoms with Gasteiger partial charge in [-0.15, -0.1) is 0 Å². The molecule has 1 unspecified atom stereocenters. The van der Waals surface area contributed by atoms with E-state index in [0.717, 1.165) is 19.8 Å². The summed E-state index contributed by atoms with van der Waals surface area (Å²) in [6.07, 6.45) is 2.16. The van der Waals surface area contributed by atoms with Crippen LogP contribution in [0.15, 0.2) is 0 Å². The van der Waals surface area contributed by atoms with Gasteiger partial charge in [0.25, 0.3) is 0 Å². The second-order valence-electron chi connectivity index (χ2n) is 3.09. The summed E-state index contributed by atoms with van der Waals surface area (Å²) in [4.78, 5) is 29.0. The Hall–Kier alpha value is -1.47. The molecule has 7 nitrogen and oxygen atoms in total. The molecule has 0 aliphatic heterocycles. The van der Waals surface area contributed by atoms with Crippen LogP contribution in [0.3, 0.4) is 0 Å². The average Bonchev–Trinajstić information content (AvgIpc) is 2.18. The Morgan fingerprint density at radius 2 is 1.62 bits per heavy atom. The van der Waals surface area contributed by atoms with Crippen LogP contribution < -0.4 is 11.5 Å². The van der Waals surface area contributed by atoms with Gasteiger partial charge in [0, 0.05) is 6.92 Å². The predicted molar refractivity (Wildman–Crippen MR) is 56.8 cm³/mol. The molecule has 6 N–H and O–H groups in total. The molecule has 0 aromatic carbocycles. The van der Waals surface area contributed by atoms with E-state index < -0.39 is 23.8 Å². The SMILES string of the molecule is CC(=O)C(=O)O.NCCCCC(N)C(=O)O. The molecular weight excluding hydrogens is 216 g/mol. The lowest BCUT2D eigenvalue weighted by atomic mass is 10.1. The molecule has 0 aromatic rings. The number of carboxylic acids is 2. The molecule has 0 saturated heterocycles. The predicted octanol–water partition coefficient (Wildman–Crippen LogP) is -0.813. The van der Waals surface area contributed by atoms with Crippen molar-refractivity contribution in [3.8, 4) is 0 Å². The van der Waals surface area contributed by atoms with Crippen molar-refractivity contribution in [1.29, 1.82) is 0 Å². The summed E-state index contributed by atoms with van der Waals surface area (Å²) < 4.78 is 0. The Morgan fingerprint density at radius 3 is 1.88 bits per heavy atom. The number of hydrogen-bond acceptors (Lipinski definition) is 5. The van der Waals surface area contributed by atoms with E-state index in [9.17, 15) is 14.4 Å². The van der Waals surface area contributed by atoms with E-state index in [2.05, 4.69) is 0 Å². The van der Waals surface area contributed by atoms with Crippen LogP contribution in [0.25, 0.3) is 0 Å². The summed E-state index contributed by atoms with van der Waals surface area (Å²) in [5.74, 6) is -3.14. The quantitative estimate of drug-likeness (QED) is 0.347. The van der Waals surface area contributed by atoms with Crippen molar-refractivity contribution < 1.29 is 24.6 Å². The zero-order chi connectivity index (χ0) is 13.1. The molecule has 0 aliphatic rings.